The molecular formula is C19H11Cl2N7OS. The van der Waals surface area contributed by atoms with E-state index in [0.717, 1.165) is 0 Å². The molecular weight excluding hydrogens is 445 g/mol. The minimum atomic E-state index is -0.734. The summed E-state index contributed by atoms with van der Waals surface area (Å²) >= 11 is 13.8. The van der Waals surface area contributed by atoms with Crippen molar-refractivity contribution >= 4 is 46.4 Å². The van der Waals surface area contributed by atoms with Crippen LogP contribution in [0.4, 0.5) is 10.6 Å². The maximum absolute atomic E-state index is 11.2. The van der Waals surface area contributed by atoms with Gasteiger partial charge >= 0.3 is 6.03 Å². The maximum Gasteiger partial charge on any atom is 0.317 e. The molecule has 0 bridgehead atoms. The topological polar surface area (TPSA) is 133 Å². The number of thiophene rings is 1. The molecule has 30 heavy (non-hydrogen) atoms. The molecule has 3 aromatic heterocycles. The van der Waals surface area contributed by atoms with E-state index in [1.807, 2.05) is 0 Å². The summed E-state index contributed by atoms with van der Waals surface area (Å²) in [6, 6.07) is 9.97. The van der Waals surface area contributed by atoms with E-state index < -0.39 is 6.03 Å². The standard InChI is InChI=1S/C19H11Cl2N7OS/c20-10-1-2-11(13(21)6-10)15-12(7-22)16(30-17(15)18-25-8-26-28-18)9-3-4-24-14(5-9)27-19(23)29/h1-6,8H,(H,25,26,28)(H3,23,24,27,29). The van der Waals surface area contributed by atoms with Crippen LogP contribution in [-0.4, -0.2) is 26.2 Å². The van der Waals surface area contributed by atoms with Crippen LogP contribution in [0.5, 0.6) is 0 Å². The lowest BCUT2D eigenvalue weighted by Crippen LogP contribution is -2.19. The van der Waals surface area contributed by atoms with E-state index in [-0.39, 0.29) is 5.82 Å². The van der Waals surface area contributed by atoms with Crippen molar-refractivity contribution < 1.29 is 4.79 Å². The Kier molecular flexibility index (Phi) is 5.37. The summed E-state index contributed by atoms with van der Waals surface area (Å²) < 4.78 is 0. The summed E-state index contributed by atoms with van der Waals surface area (Å²) in [7, 11) is 0. The van der Waals surface area contributed by atoms with Crippen molar-refractivity contribution in [2.24, 2.45) is 5.73 Å². The fourth-order valence-corrected chi connectivity index (χ4v) is 4.65. The molecule has 0 spiro atoms. The Morgan fingerprint density at radius 1 is 1.23 bits per heavy atom. The third-order valence-corrected chi connectivity index (χ3v) is 5.92. The molecule has 4 rings (SSSR count). The molecule has 8 nitrogen and oxygen atoms in total. The number of nitriles is 1. The summed E-state index contributed by atoms with van der Waals surface area (Å²) in [6.07, 6.45) is 2.97. The number of halogens is 2. The van der Waals surface area contributed by atoms with Gasteiger partial charge in [-0.15, -0.1) is 21.5 Å². The van der Waals surface area contributed by atoms with E-state index >= 15 is 0 Å². The average Bonchev–Trinajstić information content (AvgIpc) is 3.35. The van der Waals surface area contributed by atoms with Gasteiger partial charge in [-0.25, -0.2) is 9.78 Å². The van der Waals surface area contributed by atoms with Crippen molar-refractivity contribution in [1.29, 1.82) is 5.26 Å². The van der Waals surface area contributed by atoms with Crippen LogP contribution in [-0.2, 0) is 0 Å². The van der Waals surface area contributed by atoms with E-state index in [0.29, 0.717) is 47.9 Å². The van der Waals surface area contributed by atoms with Gasteiger partial charge in [-0.3, -0.25) is 5.32 Å². The molecule has 2 amide bonds. The molecule has 0 saturated heterocycles. The Morgan fingerprint density at radius 3 is 2.73 bits per heavy atom. The molecule has 0 aliphatic rings. The Hall–Kier alpha value is -3.45. The minimum absolute atomic E-state index is 0.268. The van der Waals surface area contributed by atoms with Gasteiger partial charge in [0.05, 0.1) is 15.3 Å². The number of nitrogens with zero attached hydrogens (tertiary/aromatic N) is 4. The van der Waals surface area contributed by atoms with Crippen molar-refractivity contribution in [1.82, 2.24) is 20.2 Å². The number of carbonyl (C=O) groups is 1. The molecule has 0 aliphatic heterocycles. The number of anilines is 1. The summed E-state index contributed by atoms with van der Waals surface area (Å²) in [4.78, 5) is 19.6. The molecule has 0 saturated carbocycles. The van der Waals surface area contributed by atoms with E-state index in [4.69, 9.17) is 28.9 Å². The quantitative estimate of drug-likeness (QED) is 0.400. The zero-order chi connectivity index (χ0) is 21.3. The molecule has 0 unspecified atom stereocenters. The second-order valence-corrected chi connectivity index (χ2v) is 7.87. The van der Waals surface area contributed by atoms with Crippen molar-refractivity contribution in [3.63, 3.8) is 0 Å². The van der Waals surface area contributed by atoms with Crippen LogP contribution in [0.15, 0.2) is 42.9 Å². The van der Waals surface area contributed by atoms with Gasteiger partial charge in [-0.1, -0.05) is 29.3 Å². The van der Waals surface area contributed by atoms with Gasteiger partial charge in [-0.2, -0.15) is 5.26 Å². The fraction of sp³-hybridized carbons (Fsp3) is 0. The number of carbonyl (C=O) groups excluding carboxylic acids is 1. The number of hydrogen-bond donors (Lipinski definition) is 3. The Balaban J connectivity index is 1.98. The highest BCUT2D eigenvalue weighted by molar-refractivity contribution is 7.19. The van der Waals surface area contributed by atoms with Gasteiger partial charge in [0, 0.05) is 27.4 Å². The Morgan fingerprint density at radius 2 is 2.07 bits per heavy atom. The molecule has 4 aromatic rings. The highest BCUT2D eigenvalue weighted by atomic mass is 35.5. The number of nitrogens with two attached hydrogens (primary N) is 1. The molecule has 11 heteroatoms. The number of nitrogens with one attached hydrogen (secondary N) is 2. The van der Waals surface area contributed by atoms with E-state index in [9.17, 15) is 10.1 Å². The Labute approximate surface area is 184 Å². The second-order valence-electron chi connectivity index (χ2n) is 6.00. The SMILES string of the molecule is N#Cc1c(-c2ccnc(NC(N)=O)c2)sc(-c2nnc[nH]2)c1-c1ccc(Cl)cc1Cl. The highest BCUT2D eigenvalue weighted by Crippen LogP contribution is 2.48. The van der Waals surface area contributed by atoms with Crippen molar-refractivity contribution in [3.8, 4) is 38.3 Å². The first-order valence-electron chi connectivity index (χ1n) is 8.39. The lowest BCUT2D eigenvalue weighted by atomic mass is 9.98. The monoisotopic (exact) mass is 455 g/mol. The van der Waals surface area contributed by atoms with Crippen LogP contribution in [0.3, 0.4) is 0 Å². The van der Waals surface area contributed by atoms with Crippen LogP contribution < -0.4 is 11.1 Å². The molecule has 4 N–H and O–H groups in total. The maximum atomic E-state index is 11.2. The van der Waals surface area contributed by atoms with Gasteiger partial charge in [0.2, 0.25) is 0 Å². The second kappa shape index (κ2) is 8.12. The van der Waals surface area contributed by atoms with Crippen molar-refractivity contribution in [2.75, 3.05) is 5.32 Å². The number of urea groups is 1. The van der Waals surface area contributed by atoms with Gasteiger partial charge in [0.1, 0.15) is 18.2 Å². The summed E-state index contributed by atoms with van der Waals surface area (Å²) in [5.41, 5.74) is 7.49. The first kappa shape index (κ1) is 19.8. The number of aromatic nitrogens is 4. The van der Waals surface area contributed by atoms with Gasteiger partial charge in [0.15, 0.2) is 5.82 Å². The number of aromatic amines is 1. The number of hydrogen-bond acceptors (Lipinski definition) is 6. The highest BCUT2D eigenvalue weighted by Gasteiger charge is 2.25. The smallest absolute Gasteiger partial charge is 0.317 e. The molecule has 1 aromatic carbocycles. The number of benzene rings is 1. The van der Waals surface area contributed by atoms with E-state index in [1.165, 1.54) is 23.9 Å². The molecule has 148 valence electrons. The predicted octanol–water partition coefficient (Wildman–Crippen LogP) is 4.93. The fourth-order valence-electron chi connectivity index (χ4n) is 2.94. The van der Waals surface area contributed by atoms with Crippen LogP contribution in [0.1, 0.15) is 5.56 Å². The van der Waals surface area contributed by atoms with Gasteiger partial charge in [0.25, 0.3) is 0 Å². The van der Waals surface area contributed by atoms with Crippen molar-refractivity contribution in [2.45, 2.75) is 0 Å². The summed E-state index contributed by atoms with van der Waals surface area (Å²) in [6.45, 7) is 0. The summed E-state index contributed by atoms with van der Waals surface area (Å²) in [5, 5.41) is 21.3. The lowest BCUT2D eigenvalue weighted by molar-refractivity contribution is 0.259. The molecule has 3 heterocycles. The molecule has 0 fully saturated rings. The number of rotatable bonds is 4. The first-order chi connectivity index (χ1) is 14.5. The van der Waals surface area contributed by atoms with Crippen LogP contribution >= 0.6 is 34.5 Å². The number of pyridine rings is 1. The minimum Gasteiger partial charge on any atom is -0.351 e. The van der Waals surface area contributed by atoms with E-state index in [1.54, 1.807) is 30.3 Å². The summed E-state index contributed by atoms with van der Waals surface area (Å²) in [5.74, 6) is 0.762. The average molecular weight is 456 g/mol. The molecule has 0 atom stereocenters. The van der Waals surface area contributed by atoms with E-state index in [2.05, 4.69) is 31.6 Å². The van der Waals surface area contributed by atoms with Crippen LogP contribution in [0.25, 0.3) is 32.3 Å². The number of primary amides is 1. The third-order valence-electron chi connectivity index (χ3n) is 4.13. The predicted molar refractivity (Wildman–Crippen MR) is 116 cm³/mol. The largest absolute Gasteiger partial charge is 0.351 e. The number of H-pyrrole nitrogens is 1. The van der Waals surface area contributed by atoms with Gasteiger partial charge < -0.3 is 10.7 Å². The zero-order valence-electron chi connectivity index (χ0n) is 15.0. The normalized spacial score (nSPS) is 10.6. The lowest BCUT2D eigenvalue weighted by Gasteiger charge is -2.07. The third kappa shape index (κ3) is 3.71. The zero-order valence-corrected chi connectivity index (χ0v) is 17.3. The van der Waals surface area contributed by atoms with Crippen LogP contribution in [0.2, 0.25) is 10.0 Å². The van der Waals surface area contributed by atoms with Crippen LogP contribution in [0, 0.1) is 11.3 Å². The molecule has 0 aliphatic carbocycles. The first-order valence-corrected chi connectivity index (χ1v) is 9.96. The van der Waals surface area contributed by atoms with Crippen molar-refractivity contribution in [3.05, 3.63) is 58.5 Å². The Bertz CT molecular complexity index is 1290. The molecule has 0 radical (unpaired) electrons. The number of amides is 2. The van der Waals surface area contributed by atoms with Gasteiger partial charge in [-0.05, 0) is 29.8 Å².